The summed E-state index contributed by atoms with van der Waals surface area (Å²) in [6.45, 7) is 10.5. The van der Waals surface area contributed by atoms with Crippen LogP contribution in [0.25, 0.3) is 22.8 Å². The van der Waals surface area contributed by atoms with Gasteiger partial charge in [-0.05, 0) is 65.3 Å². The number of halogens is 3. The molecule has 282 valence electrons. The summed E-state index contributed by atoms with van der Waals surface area (Å²) in [5.41, 5.74) is -0.819. The smallest absolute Gasteiger partial charge is 0.444 e. The Labute approximate surface area is 305 Å². The van der Waals surface area contributed by atoms with Crippen LogP contribution in [-0.2, 0) is 37.3 Å². The summed E-state index contributed by atoms with van der Waals surface area (Å²) < 4.78 is 65.2. The summed E-state index contributed by atoms with van der Waals surface area (Å²) >= 11 is 1.34. The van der Waals surface area contributed by atoms with Crippen LogP contribution < -0.4 is 15.5 Å². The van der Waals surface area contributed by atoms with Gasteiger partial charge in [-0.25, -0.2) is 9.59 Å². The molecule has 3 amide bonds. The van der Waals surface area contributed by atoms with Crippen LogP contribution in [-0.4, -0.2) is 74.6 Å². The van der Waals surface area contributed by atoms with E-state index < -0.39 is 52.9 Å². The van der Waals surface area contributed by atoms with E-state index in [2.05, 4.69) is 35.4 Å². The van der Waals surface area contributed by atoms with E-state index in [1.807, 2.05) is 0 Å². The van der Waals surface area contributed by atoms with Crippen molar-refractivity contribution in [3.63, 3.8) is 0 Å². The van der Waals surface area contributed by atoms with Crippen molar-refractivity contribution in [2.45, 2.75) is 81.9 Å². The summed E-state index contributed by atoms with van der Waals surface area (Å²) in [6, 6.07) is 10.5. The molecule has 1 atom stereocenters. The molecule has 0 unspecified atom stereocenters. The average Bonchev–Trinajstić information content (AvgIpc) is 3.71. The Kier molecular flexibility index (Phi) is 9.93. The summed E-state index contributed by atoms with van der Waals surface area (Å²) in [5, 5.41) is 13.0. The van der Waals surface area contributed by atoms with Crippen LogP contribution in [0.2, 0.25) is 0 Å². The lowest BCUT2D eigenvalue weighted by Gasteiger charge is -2.38. The maximum absolute atomic E-state index is 14.2. The third kappa shape index (κ3) is 8.73. The Bertz CT molecular complexity index is 2000. The van der Waals surface area contributed by atoms with E-state index in [-0.39, 0.29) is 48.6 Å². The average molecular weight is 760 g/mol. The van der Waals surface area contributed by atoms with E-state index in [9.17, 15) is 27.6 Å². The first-order valence-corrected chi connectivity index (χ1v) is 17.3. The Balaban J connectivity index is 1.30. The highest BCUT2D eigenvalue weighted by Gasteiger charge is 2.48. The summed E-state index contributed by atoms with van der Waals surface area (Å²) in [7, 11) is 0. The van der Waals surface area contributed by atoms with Crippen molar-refractivity contribution in [2.75, 3.05) is 23.9 Å². The van der Waals surface area contributed by atoms with Gasteiger partial charge in [0.05, 0.1) is 25.4 Å². The standard InChI is InChI=1S/C34H36F3N7O8S/c1-31(2,3)49-29(46)38-21-15-53-23-12-11-20(25-39-27(51-43-25)33(16-48-17-33)41-30(47)50-32(4,5)6)13-22(23)44(26(21)45)14-18-7-9-19(10-8-18)24-40-28(52-42-24)34(35,36)37/h7-13,21H,14-17H2,1-6H3,(H,38,46)(H,41,47)/t21-/m0/s1. The monoisotopic (exact) mass is 759 g/mol. The van der Waals surface area contributed by atoms with E-state index in [1.54, 1.807) is 71.9 Å². The van der Waals surface area contributed by atoms with Crippen LogP contribution in [0.1, 0.15) is 58.9 Å². The van der Waals surface area contributed by atoms with Gasteiger partial charge in [0.2, 0.25) is 11.6 Å². The number of aromatic nitrogens is 4. The molecule has 2 aliphatic heterocycles. The van der Waals surface area contributed by atoms with Crippen molar-refractivity contribution >= 4 is 35.5 Å². The molecule has 2 aromatic carbocycles. The number of hydrogen-bond donors (Lipinski definition) is 2. The fourth-order valence-corrected chi connectivity index (χ4v) is 6.30. The number of alkyl carbamates (subject to hydrolysis) is 2. The summed E-state index contributed by atoms with van der Waals surface area (Å²) in [4.78, 5) is 49.8. The molecular formula is C34H36F3N7O8S. The zero-order valence-electron chi connectivity index (χ0n) is 29.5. The molecule has 0 aliphatic carbocycles. The molecule has 15 nitrogen and oxygen atoms in total. The van der Waals surface area contributed by atoms with Gasteiger partial charge in [0.15, 0.2) is 5.54 Å². The molecule has 1 fully saturated rings. The second-order valence-electron chi connectivity index (χ2n) is 14.4. The number of carbonyl (C=O) groups is 3. The number of anilines is 1. The first-order valence-electron chi connectivity index (χ1n) is 16.3. The summed E-state index contributed by atoms with van der Waals surface area (Å²) in [5.74, 6) is -1.70. The van der Waals surface area contributed by atoms with Crippen LogP contribution >= 0.6 is 11.8 Å². The van der Waals surface area contributed by atoms with Gasteiger partial charge in [0, 0.05) is 21.8 Å². The predicted molar refractivity (Wildman–Crippen MR) is 181 cm³/mol. The Morgan fingerprint density at radius 3 is 2.13 bits per heavy atom. The van der Waals surface area contributed by atoms with Gasteiger partial charge in [-0.3, -0.25) is 4.79 Å². The van der Waals surface area contributed by atoms with Gasteiger partial charge >= 0.3 is 24.3 Å². The number of benzene rings is 2. The maximum atomic E-state index is 14.2. The third-order valence-corrected chi connectivity index (χ3v) is 8.82. The number of hydrogen-bond acceptors (Lipinski definition) is 13. The number of nitrogens with zero attached hydrogens (tertiary/aromatic N) is 5. The zero-order valence-corrected chi connectivity index (χ0v) is 30.3. The number of rotatable bonds is 7. The Hall–Kier alpha value is -5.17. The Morgan fingerprint density at radius 2 is 1.53 bits per heavy atom. The van der Waals surface area contributed by atoms with E-state index in [0.717, 1.165) is 0 Å². The number of nitrogens with one attached hydrogen (secondary N) is 2. The van der Waals surface area contributed by atoms with Crippen LogP contribution in [0.3, 0.4) is 0 Å². The van der Waals surface area contributed by atoms with Crippen molar-refractivity contribution in [1.29, 1.82) is 0 Å². The number of alkyl halides is 3. The molecule has 0 radical (unpaired) electrons. The molecule has 2 N–H and O–H groups in total. The first kappa shape index (κ1) is 37.6. The van der Waals surface area contributed by atoms with E-state index in [1.165, 1.54) is 28.8 Å². The van der Waals surface area contributed by atoms with Crippen LogP contribution in [0.5, 0.6) is 0 Å². The van der Waals surface area contributed by atoms with Crippen molar-refractivity contribution in [3.8, 4) is 22.8 Å². The van der Waals surface area contributed by atoms with Gasteiger partial charge in [0.25, 0.3) is 11.8 Å². The van der Waals surface area contributed by atoms with Gasteiger partial charge in [0.1, 0.15) is 17.2 Å². The fourth-order valence-electron chi connectivity index (χ4n) is 5.24. The quantitative estimate of drug-likeness (QED) is 0.221. The molecule has 19 heteroatoms. The topological polar surface area (TPSA) is 184 Å². The minimum Gasteiger partial charge on any atom is -0.444 e. The number of thioether (sulfide) groups is 1. The lowest BCUT2D eigenvalue weighted by atomic mass is 9.97. The van der Waals surface area contributed by atoms with E-state index in [4.69, 9.17) is 18.7 Å². The van der Waals surface area contributed by atoms with Crippen LogP contribution in [0, 0.1) is 0 Å². The van der Waals surface area contributed by atoms with Gasteiger partial charge in [-0.2, -0.15) is 23.1 Å². The fraction of sp³-hybridized carbons (Fsp3) is 0.441. The predicted octanol–water partition coefficient (Wildman–Crippen LogP) is 6.09. The number of amides is 3. The SMILES string of the molecule is CC(C)(C)OC(=O)N[C@H]1CSc2ccc(-c3noc(C4(NC(=O)OC(C)(C)C)COC4)n3)cc2N(Cc2ccc(-c3noc(C(F)(F)F)n3)cc2)C1=O. The van der Waals surface area contributed by atoms with Crippen LogP contribution in [0.15, 0.2) is 56.4 Å². The van der Waals surface area contributed by atoms with Crippen molar-refractivity contribution in [2.24, 2.45) is 0 Å². The lowest BCUT2D eigenvalue weighted by Crippen LogP contribution is -2.60. The number of carbonyl (C=O) groups excluding carboxylic acids is 3. The summed E-state index contributed by atoms with van der Waals surface area (Å²) in [6.07, 6.45) is -6.24. The molecule has 4 heterocycles. The molecular weight excluding hydrogens is 723 g/mol. The molecule has 1 saturated heterocycles. The number of ether oxygens (including phenoxy) is 3. The second kappa shape index (κ2) is 14.0. The normalized spacial score (nSPS) is 17.3. The van der Waals surface area contributed by atoms with Crippen LogP contribution in [0.4, 0.5) is 28.4 Å². The van der Waals surface area contributed by atoms with Gasteiger partial charge in [-0.1, -0.05) is 34.6 Å². The third-order valence-electron chi connectivity index (χ3n) is 7.66. The van der Waals surface area contributed by atoms with E-state index >= 15 is 0 Å². The highest BCUT2D eigenvalue weighted by Crippen LogP contribution is 2.39. The van der Waals surface area contributed by atoms with Crippen molar-refractivity contribution in [3.05, 3.63) is 59.8 Å². The largest absolute Gasteiger partial charge is 0.471 e. The van der Waals surface area contributed by atoms with Crippen molar-refractivity contribution in [1.82, 2.24) is 30.9 Å². The molecule has 0 spiro atoms. The minimum atomic E-state index is -4.79. The maximum Gasteiger partial charge on any atom is 0.471 e. The highest BCUT2D eigenvalue weighted by atomic mass is 32.2. The molecule has 53 heavy (non-hydrogen) atoms. The molecule has 2 aromatic heterocycles. The number of fused-ring (bicyclic) bond motifs is 1. The molecule has 4 aromatic rings. The molecule has 6 rings (SSSR count). The van der Waals surface area contributed by atoms with Crippen molar-refractivity contribution < 1.29 is 50.8 Å². The highest BCUT2D eigenvalue weighted by molar-refractivity contribution is 7.99. The zero-order chi connectivity index (χ0) is 38.3. The van der Waals surface area contributed by atoms with E-state index in [0.29, 0.717) is 21.7 Å². The molecule has 2 aliphatic rings. The minimum absolute atomic E-state index is 0.000419. The molecule has 0 saturated carbocycles. The lowest BCUT2D eigenvalue weighted by molar-refractivity contribution is -0.159. The molecule has 0 bridgehead atoms. The Morgan fingerprint density at radius 1 is 0.906 bits per heavy atom. The van der Waals surface area contributed by atoms with Gasteiger partial charge < -0.3 is 38.8 Å². The second-order valence-corrected chi connectivity index (χ2v) is 15.4. The van der Waals surface area contributed by atoms with Gasteiger partial charge in [-0.15, -0.1) is 11.8 Å². The first-order chi connectivity index (χ1) is 24.8.